The van der Waals surface area contributed by atoms with E-state index in [0.717, 1.165) is 26.7 Å². The predicted octanol–water partition coefficient (Wildman–Crippen LogP) is 11.2. The van der Waals surface area contributed by atoms with Crippen LogP contribution in [0.1, 0.15) is 123 Å². The minimum atomic E-state index is -1.46. The van der Waals surface area contributed by atoms with Gasteiger partial charge in [-0.25, -0.2) is 43.7 Å². The van der Waals surface area contributed by atoms with Gasteiger partial charge in [0.1, 0.15) is 18.3 Å². The van der Waals surface area contributed by atoms with Crippen molar-refractivity contribution in [1.29, 1.82) is 21.0 Å². The fourth-order valence-electron chi connectivity index (χ4n) is 8.14. The normalized spacial score (nSPS) is 12.2. The van der Waals surface area contributed by atoms with Crippen LogP contribution in [0.5, 0.6) is 0 Å². The van der Waals surface area contributed by atoms with Crippen molar-refractivity contribution in [2.75, 3.05) is 19.6 Å². The van der Waals surface area contributed by atoms with Crippen LogP contribution in [0.25, 0.3) is 14.5 Å². The first kappa shape index (κ1) is 111. The third kappa shape index (κ3) is 50.8. The molecule has 8 aromatic rings. The fourth-order valence-corrected chi connectivity index (χ4v) is 9.84. The van der Waals surface area contributed by atoms with Crippen molar-refractivity contribution in [3.8, 4) is 24.3 Å². The largest absolute Gasteiger partial charge is 0.481 e. The molecule has 0 saturated carbocycles. The summed E-state index contributed by atoms with van der Waals surface area (Å²) in [7, 11) is 0. The van der Waals surface area contributed by atoms with Crippen molar-refractivity contribution >= 4 is 101 Å². The summed E-state index contributed by atoms with van der Waals surface area (Å²) in [6, 6.07) is 64.1. The van der Waals surface area contributed by atoms with Crippen LogP contribution in [0, 0.1) is 85.8 Å². The molecule has 8 aromatic carbocycles. The summed E-state index contributed by atoms with van der Waals surface area (Å²) in [4.78, 5) is 80.0. The van der Waals surface area contributed by atoms with Crippen LogP contribution < -0.4 is 0 Å². The highest BCUT2D eigenvalue weighted by atomic mass is 79.9. The van der Waals surface area contributed by atoms with E-state index in [0.29, 0.717) is 52.9 Å². The van der Waals surface area contributed by atoms with Crippen molar-refractivity contribution in [2.45, 2.75) is 114 Å². The molecule has 0 aromatic heterocycles. The number of nitrogens with zero attached hydrogens (tertiary/aromatic N) is 7. The maximum absolute atomic E-state index is 10.4. The van der Waals surface area contributed by atoms with E-state index in [9.17, 15) is 43.8 Å². The molecule has 0 aliphatic carbocycles. The molecule has 0 aliphatic rings. The molecule has 0 radical (unpaired) electrons. The lowest BCUT2D eigenvalue weighted by atomic mass is 10.0. The maximum Gasteiger partial charge on any atom is 0.337 e. The summed E-state index contributed by atoms with van der Waals surface area (Å²) < 4.78 is 1.95. The van der Waals surface area contributed by atoms with E-state index in [1.807, 2.05) is 49.4 Å². The minimum absolute atomic E-state index is 0.0353. The summed E-state index contributed by atoms with van der Waals surface area (Å²) >= 11 is 15.1. The molecule has 8 rings (SSSR count). The molecule has 18 N–H and O–H groups in total. The lowest BCUT2D eigenvalue weighted by molar-refractivity contribution is -0.147. The molecule has 0 fully saturated rings. The van der Waals surface area contributed by atoms with Crippen LogP contribution >= 0.6 is 59.4 Å². The number of carbonyl (C=O) groups is 7. The maximum atomic E-state index is 10.4. The summed E-state index contributed by atoms with van der Waals surface area (Å²) in [5, 5.41) is 191. The number of rotatable bonds is 22. The SMILES string of the molecule is Cc1ccccc1C(O)C#N.Cc1ccccc1[C@@H](O)C(=O)O.Cc1ccccc1[C@H](O)C(=O)O.N#CC(O)c1cccc(Cl)c1.N#CC(O)c1ccccc1Br.O=C(O)[C@@H](O)Cc1ccccc1.O=C(O)[C@@H](O)c1ccccc1Br.O=C(O)[C@H](O)c1ccccc1Br.[C-]#[N+]CC(O)CC#N.[C-]#[N+]C[C@@H](O)CC(=O)O.[C-]#[N+]C[C@H](O)CC(=O)O. The summed E-state index contributed by atoms with van der Waals surface area (Å²) in [6.07, 6.45) is -13.4. The average Bonchev–Trinajstić information content (AvgIpc) is 0.877. The highest BCUT2D eigenvalue weighted by Crippen LogP contribution is 2.26. The van der Waals surface area contributed by atoms with Gasteiger partial charge in [-0.1, -0.05) is 229 Å². The first-order valence-corrected chi connectivity index (χ1v) is 36.7. The van der Waals surface area contributed by atoms with Gasteiger partial charge in [0.2, 0.25) is 19.6 Å². The quantitative estimate of drug-likeness (QED) is 0.0221. The van der Waals surface area contributed by atoms with Gasteiger partial charge in [0, 0.05) is 41.6 Å². The Morgan fingerprint density at radius 2 is 0.664 bits per heavy atom. The first-order valence-electron chi connectivity index (χ1n) is 33.9. The van der Waals surface area contributed by atoms with Gasteiger partial charge in [-0.2, -0.15) is 21.0 Å². The molecule has 630 valence electrons. The Labute approximate surface area is 714 Å². The zero-order valence-electron chi connectivity index (χ0n) is 63.4. The molecule has 11 atom stereocenters. The number of hydrogen-bond donors (Lipinski definition) is 18. The molecule has 0 bridgehead atoms. The van der Waals surface area contributed by atoms with Gasteiger partial charge in [0.05, 0.1) is 43.5 Å². The van der Waals surface area contributed by atoms with Crippen molar-refractivity contribution in [1.82, 2.24) is 0 Å². The number of halogens is 4. The third-order valence-corrected chi connectivity index (χ3v) is 16.5. The molecular weight excluding hydrogens is 1770 g/mol. The fraction of sp³-hybridized carbons (Fsp3) is 0.253. The second-order valence-electron chi connectivity index (χ2n) is 23.3. The van der Waals surface area contributed by atoms with E-state index < -0.39 is 109 Å². The molecule has 32 nitrogen and oxygen atoms in total. The molecule has 0 aliphatic heterocycles. The Balaban J connectivity index is -0.00000125. The monoisotopic (exact) mass is 1850 g/mol. The van der Waals surface area contributed by atoms with Gasteiger partial charge in [-0.3, -0.25) is 9.59 Å². The number of aliphatic hydroxyl groups is 11. The van der Waals surface area contributed by atoms with Gasteiger partial charge in [-0.15, -0.1) is 0 Å². The standard InChI is InChI=1S/C9H9NO.3C9H10O3.C8H6BrNO.2C8H7BrO3.C8H6ClNO.C5H6N2O.2C5H7NO3/c1-7-4-2-3-5-8(7)9(11)6-10;2*1-6-4-2-3-5-7(6)8(10)9(11)12;10-8(9(11)12)6-7-4-2-1-3-5-7;9-7-4-2-1-3-6(7)8(11)5-10;2*9-6-4-2-1-3-5(6)7(10)8(11)12;9-7-3-1-2-6(4-7)8(11)5-10;1-7-4-5(8)2-3-6;2*1-6-3-4(7)2-5(8)9/h2-5,9,11H,1H3;2*2-5,8,10H,1H3,(H,11,12);1-5,8,10H,6H2,(H,11,12);1-4,8,11H;2*1-4,7,10H,(H,11,12);1-4,8,11H;5,8H,2,4H2;2*4,7H,2-3H2,(H,8,9)/t;3*8-;;2*7-;;;2*4-/m.100.10..10/s1. The minimum Gasteiger partial charge on any atom is -0.481 e. The molecule has 0 saturated heterocycles. The predicted molar refractivity (Wildman–Crippen MR) is 440 cm³/mol. The molecular formula is C83H85Br3ClN7O25. The second-order valence-corrected chi connectivity index (χ2v) is 26.3. The molecule has 36 heteroatoms. The van der Waals surface area contributed by atoms with E-state index in [1.54, 1.807) is 196 Å². The Bertz CT molecular complexity index is 4400. The Hall–Kier alpha value is -12.2. The number of carboxylic acid groups (broad SMARTS) is 7. The Kier molecular flexibility index (Phi) is 60.5. The van der Waals surface area contributed by atoms with E-state index in [1.165, 1.54) is 0 Å². The Morgan fingerprint density at radius 3 is 0.958 bits per heavy atom. The van der Waals surface area contributed by atoms with E-state index >= 15 is 0 Å². The number of benzene rings is 8. The van der Waals surface area contributed by atoms with Crippen LogP contribution in [0.2, 0.25) is 5.02 Å². The number of hydrogen-bond acceptors (Lipinski definition) is 22. The highest BCUT2D eigenvalue weighted by molar-refractivity contribution is 9.11. The van der Waals surface area contributed by atoms with E-state index in [2.05, 4.69) is 62.3 Å². The number of aliphatic carboxylic acids is 7. The topological polar surface area (TPSA) is 592 Å². The van der Waals surface area contributed by atoms with E-state index in [4.69, 9.17) is 134 Å². The number of aliphatic hydroxyl groups excluding tert-OH is 11. The number of nitriles is 4. The van der Waals surface area contributed by atoms with Crippen molar-refractivity contribution < 1.29 is 125 Å². The molecule has 0 spiro atoms. The zero-order valence-corrected chi connectivity index (χ0v) is 68.9. The van der Waals surface area contributed by atoms with Crippen LogP contribution in [-0.2, 0) is 40.0 Å². The van der Waals surface area contributed by atoms with Gasteiger partial charge in [0.25, 0.3) is 0 Å². The lowest BCUT2D eigenvalue weighted by Gasteiger charge is -2.07. The van der Waals surface area contributed by atoms with Crippen molar-refractivity contribution in [3.05, 3.63) is 314 Å². The van der Waals surface area contributed by atoms with E-state index in [-0.39, 0.29) is 45.3 Å². The van der Waals surface area contributed by atoms with Gasteiger partial charge < -0.3 is 106 Å². The summed E-state index contributed by atoms with van der Waals surface area (Å²) in [6.45, 7) is 23.9. The summed E-state index contributed by atoms with van der Waals surface area (Å²) in [5.74, 6) is -8.27. The average molecular weight is 1860 g/mol. The molecule has 0 amide bonds. The van der Waals surface area contributed by atoms with Crippen LogP contribution in [0.15, 0.2) is 214 Å². The molecule has 119 heavy (non-hydrogen) atoms. The molecule has 0 heterocycles. The second kappa shape index (κ2) is 64.9. The van der Waals surface area contributed by atoms with Gasteiger partial charge in [0.15, 0.2) is 48.8 Å². The van der Waals surface area contributed by atoms with Crippen molar-refractivity contribution in [2.24, 2.45) is 0 Å². The lowest BCUT2D eigenvalue weighted by Crippen LogP contribution is -2.21. The summed E-state index contributed by atoms with van der Waals surface area (Å²) in [5.41, 5.74) is 6.80. The van der Waals surface area contributed by atoms with Crippen LogP contribution in [0.3, 0.4) is 0 Å². The first-order chi connectivity index (χ1) is 56.1. The highest BCUT2D eigenvalue weighted by Gasteiger charge is 2.21. The number of carboxylic acids is 7. The Morgan fingerprint density at radius 1 is 0.370 bits per heavy atom. The smallest absolute Gasteiger partial charge is 0.337 e. The van der Waals surface area contributed by atoms with Crippen molar-refractivity contribution in [3.63, 3.8) is 0 Å². The van der Waals surface area contributed by atoms with Gasteiger partial charge in [-0.05, 0) is 95.6 Å². The zero-order chi connectivity index (χ0) is 91.3. The number of aryl methyl sites for hydroxylation is 3. The van der Waals surface area contributed by atoms with Gasteiger partial charge >= 0.3 is 41.8 Å². The van der Waals surface area contributed by atoms with Crippen LogP contribution in [-0.4, -0.2) is 178 Å². The third-order valence-electron chi connectivity index (χ3n) is 14.1. The molecule has 4 unspecified atom stereocenters. The van der Waals surface area contributed by atoms with Crippen LogP contribution in [0.4, 0.5) is 0 Å².